The van der Waals surface area contributed by atoms with E-state index in [-0.39, 0.29) is 5.97 Å². The van der Waals surface area contributed by atoms with Gasteiger partial charge in [-0.3, -0.25) is 4.79 Å². The van der Waals surface area contributed by atoms with Crippen molar-refractivity contribution in [2.75, 3.05) is 11.9 Å². The predicted octanol–water partition coefficient (Wildman–Crippen LogP) is 6.24. The summed E-state index contributed by atoms with van der Waals surface area (Å²) in [4.78, 5) is 17.1. The van der Waals surface area contributed by atoms with E-state index in [1.165, 1.54) is 0 Å². The Morgan fingerprint density at radius 1 is 1.00 bits per heavy atom. The van der Waals surface area contributed by atoms with Gasteiger partial charge in [0.15, 0.2) is 11.6 Å². The molecular weight excluding hydrogens is 478 g/mol. The zero-order valence-corrected chi connectivity index (χ0v) is 21.2. The van der Waals surface area contributed by atoms with Gasteiger partial charge in [0, 0.05) is 18.0 Å². The third-order valence-electron chi connectivity index (χ3n) is 6.92. The summed E-state index contributed by atoms with van der Waals surface area (Å²) in [5.74, 6) is 1.90. The number of pyridine rings is 1. The van der Waals surface area contributed by atoms with Crippen molar-refractivity contribution in [1.82, 2.24) is 19.9 Å². The second-order valence-electron chi connectivity index (χ2n) is 9.39. The minimum Gasteiger partial charge on any atom is -0.465 e. The zero-order valence-electron chi connectivity index (χ0n) is 21.2. The van der Waals surface area contributed by atoms with Crippen LogP contribution in [0.3, 0.4) is 0 Å². The van der Waals surface area contributed by atoms with Gasteiger partial charge in [-0.1, -0.05) is 59.8 Å². The average molecular weight is 506 g/mol. The summed E-state index contributed by atoms with van der Waals surface area (Å²) in [5.41, 5.74) is 5.11. The van der Waals surface area contributed by atoms with Crippen molar-refractivity contribution in [3.63, 3.8) is 0 Å². The highest BCUT2D eigenvalue weighted by molar-refractivity contribution is 5.87. The van der Waals surface area contributed by atoms with E-state index in [0.29, 0.717) is 24.0 Å². The van der Waals surface area contributed by atoms with Crippen LogP contribution in [0.2, 0.25) is 0 Å². The van der Waals surface area contributed by atoms with Crippen LogP contribution in [-0.4, -0.2) is 32.5 Å². The molecule has 0 radical (unpaired) electrons. The second kappa shape index (κ2) is 9.63. The predicted molar refractivity (Wildman–Crippen MR) is 144 cm³/mol. The molecule has 8 nitrogen and oxygen atoms in total. The normalized spacial score (nSPS) is 13.7. The first-order valence-electron chi connectivity index (χ1n) is 12.7. The van der Waals surface area contributed by atoms with E-state index in [0.717, 1.165) is 46.5 Å². The quantitative estimate of drug-likeness (QED) is 0.250. The molecule has 8 heteroatoms. The number of nitrogens with one attached hydrogen (secondary N) is 1. The lowest BCUT2D eigenvalue weighted by molar-refractivity contribution is -0.146. The molecule has 38 heavy (non-hydrogen) atoms. The van der Waals surface area contributed by atoms with Crippen molar-refractivity contribution in [3.05, 3.63) is 96.4 Å². The van der Waals surface area contributed by atoms with E-state index in [2.05, 4.69) is 44.8 Å². The number of aryl methyl sites for hydroxylation is 1. The number of ether oxygens (including phenoxy) is 1. The number of anilines is 2. The van der Waals surface area contributed by atoms with E-state index in [1.807, 2.05) is 68.6 Å². The number of nitrogens with zero attached hydrogens (tertiary/aromatic N) is 4. The summed E-state index contributed by atoms with van der Waals surface area (Å²) in [6.45, 7) is 4.14. The minimum atomic E-state index is -0.460. The summed E-state index contributed by atoms with van der Waals surface area (Å²) in [7, 11) is 0. The van der Waals surface area contributed by atoms with Crippen LogP contribution in [0.1, 0.15) is 31.0 Å². The molecule has 3 aromatic heterocycles. The molecule has 5 aromatic rings. The molecule has 2 aromatic carbocycles. The Balaban J connectivity index is 1.22. The van der Waals surface area contributed by atoms with Crippen molar-refractivity contribution < 1.29 is 14.1 Å². The van der Waals surface area contributed by atoms with Gasteiger partial charge in [-0.15, -0.1) is 0 Å². The van der Waals surface area contributed by atoms with E-state index in [4.69, 9.17) is 9.26 Å². The van der Waals surface area contributed by atoms with Gasteiger partial charge < -0.3 is 14.6 Å². The Labute approximate surface area is 220 Å². The van der Waals surface area contributed by atoms with E-state index >= 15 is 0 Å². The van der Waals surface area contributed by atoms with Gasteiger partial charge in [-0.2, -0.15) is 5.10 Å². The molecule has 0 atom stereocenters. The molecule has 0 spiro atoms. The van der Waals surface area contributed by atoms with Gasteiger partial charge in [-0.25, -0.2) is 9.67 Å². The maximum Gasteiger partial charge on any atom is 0.316 e. The fourth-order valence-electron chi connectivity index (χ4n) is 4.67. The molecule has 1 aliphatic carbocycles. The fraction of sp³-hybridized carbons (Fsp3) is 0.200. The first-order valence-corrected chi connectivity index (χ1v) is 12.7. The van der Waals surface area contributed by atoms with Crippen molar-refractivity contribution in [2.45, 2.75) is 32.1 Å². The molecule has 0 aliphatic heterocycles. The monoisotopic (exact) mass is 505 g/mol. The molecule has 1 fully saturated rings. The number of carbonyl (C=O) groups excluding carboxylic acids is 1. The first kappa shape index (κ1) is 23.7. The third-order valence-corrected chi connectivity index (χ3v) is 6.92. The Kier molecular flexibility index (Phi) is 5.99. The fourth-order valence-corrected chi connectivity index (χ4v) is 4.67. The molecule has 190 valence electrons. The number of hydrogen-bond acceptors (Lipinski definition) is 7. The summed E-state index contributed by atoms with van der Waals surface area (Å²) in [6, 6.07) is 23.9. The summed E-state index contributed by atoms with van der Waals surface area (Å²) < 4.78 is 12.7. The van der Waals surface area contributed by atoms with Crippen LogP contribution in [0.15, 0.2) is 89.7 Å². The van der Waals surface area contributed by atoms with E-state index < -0.39 is 5.41 Å². The first-order chi connectivity index (χ1) is 18.6. The van der Waals surface area contributed by atoms with Crippen LogP contribution in [0.25, 0.3) is 28.3 Å². The Bertz CT molecular complexity index is 1570. The van der Waals surface area contributed by atoms with E-state index in [9.17, 15) is 4.79 Å². The molecule has 3 heterocycles. The maximum absolute atomic E-state index is 12.4. The standard InChI is InChI=1S/C30H27N5O3/c1-3-37-29(36)30(16-17-30)24-14-12-22(13-15-24)21-8-10-23(11-9-21)28-27(20(2)34-38-28)33-25-6-4-7-26(32-25)35-19-5-18-31-35/h4-15,18-19H,3,16-17H2,1-2H3,(H,32,33). The SMILES string of the molecule is CCOC(=O)C1(c2ccc(-c3ccc(-c4onc(C)c4Nc4cccc(-n5cccn5)n4)cc3)cc2)CC1. The molecule has 0 unspecified atom stereocenters. The lowest BCUT2D eigenvalue weighted by atomic mass is 9.93. The number of aromatic nitrogens is 4. The molecule has 0 bridgehead atoms. The Morgan fingerprint density at radius 3 is 2.37 bits per heavy atom. The van der Waals surface area contributed by atoms with Gasteiger partial charge in [-0.05, 0) is 61.6 Å². The molecule has 0 saturated heterocycles. The van der Waals surface area contributed by atoms with Crippen LogP contribution < -0.4 is 5.32 Å². The Morgan fingerprint density at radius 2 is 1.71 bits per heavy atom. The molecule has 1 saturated carbocycles. The van der Waals surface area contributed by atoms with Gasteiger partial charge in [0.25, 0.3) is 0 Å². The van der Waals surface area contributed by atoms with Crippen molar-refractivity contribution in [1.29, 1.82) is 0 Å². The number of carbonyl (C=O) groups is 1. The second-order valence-corrected chi connectivity index (χ2v) is 9.39. The lowest BCUT2D eigenvalue weighted by Gasteiger charge is -2.14. The van der Waals surface area contributed by atoms with Crippen LogP contribution in [-0.2, 0) is 14.9 Å². The minimum absolute atomic E-state index is 0.118. The number of hydrogen-bond donors (Lipinski definition) is 1. The maximum atomic E-state index is 12.4. The molecule has 1 N–H and O–H groups in total. The van der Waals surface area contributed by atoms with Crippen LogP contribution in [0.5, 0.6) is 0 Å². The summed E-state index contributed by atoms with van der Waals surface area (Å²) >= 11 is 0. The lowest BCUT2D eigenvalue weighted by Crippen LogP contribution is -2.23. The van der Waals surface area contributed by atoms with Crippen LogP contribution in [0.4, 0.5) is 11.5 Å². The molecular formula is C30H27N5O3. The third kappa shape index (κ3) is 4.34. The van der Waals surface area contributed by atoms with Gasteiger partial charge in [0.05, 0.1) is 12.0 Å². The molecule has 0 amide bonds. The highest BCUT2D eigenvalue weighted by Gasteiger charge is 2.52. The number of benzene rings is 2. The zero-order chi connectivity index (χ0) is 26.1. The molecule has 1 aliphatic rings. The van der Waals surface area contributed by atoms with Gasteiger partial charge >= 0.3 is 5.97 Å². The summed E-state index contributed by atoms with van der Waals surface area (Å²) in [6.07, 6.45) is 5.25. The van der Waals surface area contributed by atoms with Crippen LogP contribution >= 0.6 is 0 Å². The van der Waals surface area contributed by atoms with Crippen molar-refractivity contribution in [3.8, 4) is 28.3 Å². The van der Waals surface area contributed by atoms with Gasteiger partial charge in [0.1, 0.15) is 17.2 Å². The number of rotatable bonds is 8. The number of esters is 1. The van der Waals surface area contributed by atoms with E-state index in [1.54, 1.807) is 10.9 Å². The summed E-state index contributed by atoms with van der Waals surface area (Å²) in [5, 5.41) is 11.8. The Hall–Kier alpha value is -4.72. The molecule has 6 rings (SSSR count). The highest BCUT2D eigenvalue weighted by atomic mass is 16.5. The largest absolute Gasteiger partial charge is 0.465 e. The van der Waals surface area contributed by atoms with Crippen molar-refractivity contribution in [2.24, 2.45) is 0 Å². The van der Waals surface area contributed by atoms with Gasteiger partial charge in [0.2, 0.25) is 0 Å². The van der Waals surface area contributed by atoms with Crippen molar-refractivity contribution >= 4 is 17.5 Å². The smallest absolute Gasteiger partial charge is 0.316 e. The topological polar surface area (TPSA) is 95.1 Å². The van der Waals surface area contributed by atoms with Crippen LogP contribution in [0, 0.1) is 6.92 Å². The highest BCUT2D eigenvalue weighted by Crippen LogP contribution is 2.49. The average Bonchev–Trinajstić information content (AvgIpc) is 3.42.